The molecule has 0 unspecified atom stereocenters. The number of ether oxygens (including phenoxy) is 1. The number of benzene rings is 3. The minimum Gasteiger partial charge on any atom is -0.497 e. The largest absolute Gasteiger partial charge is 0.497 e. The Hall–Kier alpha value is -4.43. The summed E-state index contributed by atoms with van der Waals surface area (Å²) in [4.78, 5) is 24.3. The molecule has 4 aromatic rings. The quantitative estimate of drug-likeness (QED) is 0.289. The number of hydrazone groups is 1. The van der Waals surface area contributed by atoms with Crippen LogP contribution in [-0.4, -0.2) is 41.5 Å². The number of nitrogens with zero attached hydrogens (tertiary/aromatic N) is 3. The van der Waals surface area contributed by atoms with Crippen LogP contribution in [0.4, 0.5) is 0 Å². The van der Waals surface area contributed by atoms with Crippen LogP contribution in [0.15, 0.2) is 90.2 Å². The van der Waals surface area contributed by atoms with E-state index in [0.29, 0.717) is 21.8 Å². The Balaban J connectivity index is 1.46. The van der Waals surface area contributed by atoms with Gasteiger partial charge in [0.25, 0.3) is 11.8 Å². The van der Waals surface area contributed by atoms with Gasteiger partial charge in [0.1, 0.15) is 11.4 Å². The van der Waals surface area contributed by atoms with Crippen LogP contribution in [0.3, 0.4) is 0 Å². The minimum atomic E-state index is -0.468. The van der Waals surface area contributed by atoms with Gasteiger partial charge in [-0.25, -0.2) is 10.1 Å². The van der Waals surface area contributed by atoms with Crippen molar-refractivity contribution in [2.75, 3.05) is 13.7 Å². The lowest BCUT2D eigenvalue weighted by molar-refractivity contribution is -0.120. The van der Waals surface area contributed by atoms with Gasteiger partial charge in [-0.05, 0) is 60.7 Å². The number of para-hydroxylation sites is 1. The fraction of sp³-hybridized carbons (Fsp3) is 0.0769. The summed E-state index contributed by atoms with van der Waals surface area (Å²) in [5.41, 5.74) is 5.97. The summed E-state index contributed by atoms with van der Waals surface area (Å²) in [6.45, 7) is -0.229. The molecule has 1 heterocycles. The maximum Gasteiger partial charge on any atom is 0.259 e. The summed E-state index contributed by atoms with van der Waals surface area (Å²) in [7, 11) is 1.61. The Labute approximate surface area is 207 Å². The van der Waals surface area contributed by atoms with Crippen LogP contribution in [0.1, 0.15) is 15.9 Å². The molecule has 3 aromatic carbocycles. The molecule has 0 aliphatic carbocycles. The van der Waals surface area contributed by atoms with Crippen LogP contribution in [0.2, 0.25) is 5.02 Å². The smallest absolute Gasteiger partial charge is 0.259 e. The van der Waals surface area contributed by atoms with Gasteiger partial charge in [-0.1, -0.05) is 29.8 Å². The normalized spacial score (nSPS) is 10.8. The van der Waals surface area contributed by atoms with Crippen molar-refractivity contribution < 1.29 is 14.3 Å². The van der Waals surface area contributed by atoms with E-state index in [4.69, 9.17) is 21.4 Å². The van der Waals surface area contributed by atoms with Gasteiger partial charge in [0.05, 0.1) is 25.6 Å². The van der Waals surface area contributed by atoms with Crippen molar-refractivity contribution in [3.63, 3.8) is 0 Å². The number of hydrogen-bond acceptors (Lipinski definition) is 5. The number of carbonyl (C=O) groups excluding carboxylic acids is 2. The first-order chi connectivity index (χ1) is 17.0. The molecular weight excluding hydrogens is 466 g/mol. The van der Waals surface area contributed by atoms with E-state index in [9.17, 15) is 9.59 Å². The number of methoxy groups -OCH3 is 1. The predicted octanol–water partition coefficient (Wildman–Crippen LogP) is 4.08. The zero-order chi connectivity index (χ0) is 24.6. The van der Waals surface area contributed by atoms with Crippen LogP contribution >= 0.6 is 11.6 Å². The average molecular weight is 488 g/mol. The summed E-state index contributed by atoms with van der Waals surface area (Å²) in [5, 5.41) is 11.8. The van der Waals surface area contributed by atoms with Crippen molar-refractivity contribution >= 4 is 29.6 Å². The van der Waals surface area contributed by atoms with Crippen molar-refractivity contribution in [1.29, 1.82) is 0 Å². The molecule has 0 fully saturated rings. The molecule has 0 bridgehead atoms. The fourth-order valence-corrected chi connectivity index (χ4v) is 3.37. The van der Waals surface area contributed by atoms with Gasteiger partial charge < -0.3 is 10.1 Å². The summed E-state index contributed by atoms with van der Waals surface area (Å²) in [6, 6.07) is 23.6. The highest BCUT2D eigenvalue weighted by atomic mass is 35.5. The number of nitrogens with one attached hydrogen (secondary N) is 2. The monoisotopic (exact) mass is 487 g/mol. The number of carbonyl (C=O) groups is 2. The van der Waals surface area contributed by atoms with E-state index in [0.717, 1.165) is 17.0 Å². The van der Waals surface area contributed by atoms with Gasteiger partial charge in [0.15, 0.2) is 0 Å². The molecule has 8 nitrogen and oxygen atoms in total. The SMILES string of the molecule is COc1ccc(-c2nn(-c3ccccc3)cc2C=NNC(=O)CNC(=O)c2ccc(Cl)cc2)cc1. The zero-order valence-corrected chi connectivity index (χ0v) is 19.6. The van der Waals surface area contributed by atoms with Crippen LogP contribution in [0.25, 0.3) is 16.9 Å². The van der Waals surface area contributed by atoms with Crippen molar-refractivity contribution in [3.05, 3.63) is 101 Å². The molecule has 0 saturated carbocycles. The highest BCUT2D eigenvalue weighted by molar-refractivity contribution is 6.30. The summed E-state index contributed by atoms with van der Waals surface area (Å²) in [6.07, 6.45) is 3.35. The summed E-state index contributed by atoms with van der Waals surface area (Å²) >= 11 is 5.83. The molecule has 0 saturated heterocycles. The van der Waals surface area contributed by atoms with Crippen molar-refractivity contribution in [2.45, 2.75) is 0 Å². The third kappa shape index (κ3) is 6.13. The van der Waals surface area contributed by atoms with Gasteiger partial charge in [0, 0.05) is 27.9 Å². The molecule has 35 heavy (non-hydrogen) atoms. The first-order valence-electron chi connectivity index (χ1n) is 10.7. The Morgan fingerprint density at radius 3 is 2.43 bits per heavy atom. The number of amides is 2. The van der Waals surface area contributed by atoms with Crippen molar-refractivity contribution in [1.82, 2.24) is 20.5 Å². The lowest BCUT2D eigenvalue weighted by Crippen LogP contribution is -2.34. The van der Waals surface area contributed by atoms with E-state index in [1.54, 1.807) is 36.1 Å². The average Bonchev–Trinajstić information content (AvgIpc) is 3.32. The third-order valence-corrected chi connectivity index (χ3v) is 5.29. The molecule has 176 valence electrons. The molecule has 0 aliphatic rings. The van der Waals surface area contributed by atoms with Gasteiger partial charge in [-0.3, -0.25) is 9.59 Å². The lowest BCUT2D eigenvalue weighted by atomic mass is 10.1. The maximum absolute atomic E-state index is 12.2. The second kappa shape index (κ2) is 11.1. The standard InChI is InChI=1S/C26H22ClN5O3/c1-35-23-13-9-18(10-14-23)25-20(17-32(31-25)22-5-3-2-4-6-22)15-29-30-24(33)16-28-26(34)19-7-11-21(27)12-8-19/h2-15,17H,16H2,1H3,(H,28,34)(H,30,33). The topological polar surface area (TPSA) is 97.6 Å². The van der Waals surface area contributed by atoms with E-state index in [2.05, 4.69) is 15.8 Å². The number of rotatable bonds is 8. The van der Waals surface area contributed by atoms with Crippen LogP contribution in [0.5, 0.6) is 5.75 Å². The Morgan fingerprint density at radius 1 is 1.03 bits per heavy atom. The minimum absolute atomic E-state index is 0.229. The molecule has 2 amide bonds. The van der Waals surface area contributed by atoms with Crippen molar-refractivity contribution in [3.8, 4) is 22.7 Å². The number of halogens is 1. The van der Waals surface area contributed by atoms with Gasteiger partial charge >= 0.3 is 0 Å². The van der Waals surface area contributed by atoms with E-state index in [1.165, 1.54) is 6.21 Å². The van der Waals surface area contributed by atoms with Gasteiger partial charge in [-0.15, -0.1) is 0 Å². The second-order valence-electron chi connectivity index (χ2n) is 7.42. The van der Waals surface area contributed by atoms with E-state index in [1.807, 2.05) is 60.8 Å². The van der Waals surface area contributed by atoms with E-state index >= 15 is 0 Å². The molecule has 1 aromatic heterocycles. The first-order valence-corrected chi connectivity index (χ1v) is 11.1. The Bertz CT molecular complexity index is 1330. The molecule has 2 N–H and O–H groups in total. The van der Waals surface area contributed by atoms with Crippen LogP contribution in [0, 0.1) is 0 Å². The zero-order valence-electron chi connectivity index (χ0n) is 18.8. The van der Waals surface area contributed by atoms with Crippen molar-refractivity contribution in [2.24, 2.45) is 5.10 Å². The molecule has 0 atom stereocenters. The van der Waals surface area contributed by atoms with Gasteiger partial charge in [-0.2, -0.15) is 10.2 Å². The lowest BCUT2D eigenvalue weighted by Gasteiger charge is -2.04. The maximum atomic E-state index is 12.2. The van der Waals surface area contributed by atoms with E-state index in [-0.39, 0.29) is 12.5 Å². The molecule has 9 heteroatoms. The molecular formula is C26H22ClN5O3. The van der Waals surface area contributed by atoms with Crippen LogP contribution in [-0.2, 0) is 4.79 Å². The predicted molar refractivity (Wildman–Crippen MR) is 135 cm³/mol. The molecule has 4 rings (SSSR count). The van der Waals surface area contributed by atoms with Gasteiger partial charge in [0.2, 0.25) is 0 Å². The highest BCUT2D eigenvalue weighted by Gasteiger charge is 2.12. The molecule has 0 aliphatic heterocycles. The number of hydrogen-bond donors (Lipinski definition) is 2. The third-order valence-electron chi connectivity index (χ3n) is 5.04. The molecule has 0 spiro atoms. The van der Waals surface area contributed by atoms with E-state index < -0.39 is 5.91 Å². The summed E-state index contributed by atoms with van der Waals surface area (Å²) < 4.78 is 6.98. The molecule has 0 radical (unpaired) electrons. The number of aromatic nitrogens is 2. The second-order valence-corrected chi connectivity index (χ2v) is 7.86. The Kier molecular flexibility index (Phi) is 7.54. The van der Waals surface area contributed by atoms with Crippen LogP contribution < -0.4 is 15.5 Å². The first kappa shape index (κ1) is 23.7. The fourth-order valence-electron chi connectivity index (χ4n) is 3.25. The summed E-state index contributed by atoms with van der Waals surface area (Å²) in [5.74, 6) is -0.115. The Morgan fingerprint density at radius 2 is 1.74 bits per heavy atom. The highest BCUT2D eigenvalue weighted by Crippen LogP contribution is 2.25.